The molecule has 1 aromatic carbocycles. The number of ether oxygens (including phenoxy) is 2. The summed E-state index contributed by atoms with van der Waals surface area (Å²) in [5.74, 6) is 0.402. The van der Waals surface area contributed by atoms with Crippen molar-refractivity contribution in [1.29, 1.82) is 0 Å². The number of nitrogens with one attached hydrogen (secondary N) is 2. The van der Waals surface area contributed by atoms with Crippen LogP contribution in [0.1, 0.15) is 21.6 Å². The lowest BCUT2D eigenvalue weighted by molar-refractivity contribution is -0.137. The number of carbonyl (C=O) groups is 1. The molecule has 1 amide bonds. The summed E-state index contributed by atoms with van der Waals surface area (Å²) in [5, 5.41) is 13.9. The van der Waals surface area contributed by atoms with Crippen molar-refractivity contribution in [3.8, 4) is 22.9 Å². The fourth-order valence-electron chi connectivity index (χ4n) is 3.69. The highest BCUT2D eigenvalue weighted by Crippen LogP contribution is 2.36. The summed E-state index contributed by atoms with van der Waals surface area (Å²) >= 11 is 0. The first-order valence-corrected chi connectivity index (χ1v) is 9.27. The van der Waals surface area contributed by atoms with Crippen LogP contribution in [-0.2, 0) is 19.1 Å². The molecule has 0 radical (unpaired) electrons. The normalized spacial score (nSPS) is 17.6. The zero-order chi connectivity index (χ0) is 20.9. The van der Waals surface area contributed by atoms with Crippen LogP contribution in [0.2, 0.25) is 0 Å². The summed E-state index contributed by atoms with van der Waals surface area (Å²) in [4.78, 5) is 13.0. The average Bonchev–Trinajstić information content (AvgIpc) is 3.43. The highest BCUT2D eigenvalue weighted by molar-refractivity contribution is 6.00. The van der Waals surface area contributed by atoms with Gasteiger partial charge in [-0.05, 0) is 36.2 Å². The van der Waals surface area contributed by atoms with Gasteiger partial charge in [0.2, 0.25) is 5.88 Å². The predicted molar refractivity (Wildman–Crippen MR) is 97.2 cm³/mol. The number of benzene rings is 1. The number of amides is 1. The van der Waals surface area contributed by atoms with Crippen LogP contribution in [0, 0.1) is 0 Å². The zero-order valence-corrected chi connectivity index (χ0v) is 15.5. The van der Waals surface area contributed by atoms with E-state index in [1.54, 1.807) is 16.9 Å². The van der Waals surface area contributed by atoms with Crippen LogP contribution in [-0.4, -0.2) is 45.1 Å². The summed E-state index contributed by atoms with van der Waals surface area (Å²) in [6.07, 6.45) is -2.67. The molecule has 0 bridgehead atoms. The lowest BCUT2D eigenvalue weighted by atomic mass is 9.99. The minimum atomic E-state index is -4.44. The van der Waals surface area contributed by atoms with Crippen molar-refractivity contribution < 1.29 is 27.4 Å². The molecule has 2 aromatic heterocycles. The van der Waals surface area contributed by atoms with E-state index in [2.05, 4.69) is 20.6 Å². The number of nitrogens with zero attached hydrogens (tertiary/aromatic N) is 3. The smallest absolute Gasteiger partial charge is 0.416 e. The van der Waals surface area contributed by atoms with Crippen molar-refractivity contribution in [2.24, 2.45) is 0 Å². The maximum Gasteiger partial charge on any atom is 0.416 e. The fourth-order valence-corrected chi connectivity index (χ4v) is 3.69. The number of alkyl halides is 3. The number of rotatable bonds is 3. The van der Waals surface area contributed by atoms with Gasteiger partial charge in [0.25, 0.3) is 5.91 Å². The minimum Gasteiger partial charge on any atom is -0.491 e. The Kier molecular flexibility index (Phi) is 4.19. The van der Waals surface area contributed by atoms with Crippen LogP contribution < -0.4 is 14.8 Å². The summed E-state index contributed by atoms with van der Waals surface area (Å²) < 4.78 is 51.8. The van der Waals surface area contributed by atoms with E-state index < -0.39 is 23.7 Å². The largest absolute Gasteiger partial charge is 0.491 e. The Morgan fingerprint density at radius 3 is 2.90 bits per heavy atom. The topological polar surface area (TPSA) is 94.1 Å². The van der Waals surface area contributed by atoms with E-state index in [0.717, 1.165) is 12.1 Å². The van der Waals surface area contributed by atoms with E-state index in [-0.39, 0.29) is 18.7 Å². The first-order valence-electron chi connectivity index (χ1n) is 9.27. The van der Waals surface area contributed by atoms with Gasteiger partial charge in [0.15, 0.2) is 5.69 Å². The highest BCUT2D eigenvalue weighted by Gasteiger charge is 2.34. The summed E-state index contributed by atoms with van der Waals surface area (Å²) in [6, 6.07) is 4.56. The van der Waals surface area contributed by atoms with Gasteiger partial charge in [-0.2, -0.15) is 23.4 Å². The van der Waals surface area contributed by atoms with Gasteiger partial charge < -0.3 is 14.8 Å². The standard InChI is InChI=1S/C19H16F3N5O3/c20-19(21,22)11-1-2-14-10(7-11)8-12(9-30-14)24-17(28)16-15(13-3-4-23-25-13)18-27(26-16)5-6-29-18/h1-4,7,12H,5-6,8-9H2,(H,23,25)(H,24,28)/t12-/m1/s1. The molecule has 0 aliphatic carbocycles. The van der Waals surface area contributed by atoms with Crippen molar-refractivity contribution >= 4 is 5.91 Å². The lowest BCUT2D eigenvalue weighted by Crippen LogP contribution is -2.43. The number of carbonyl (C=O) groups excluding carboxylic acids is 1. The Hall–Kier alpha value is -3.50. The first-order chi connectivity index (χ1) is 14.4. The zero-order valence-electron chi connectivity index (χ0n) is 15.5. The van der Waals surface area contributed by atoms with Crippen LogP contribution in [0.15, 0.2) is 30.5 Å². The van der Waals surface area contributed by atoms with Crippen LogP contribution in [0.25, 0.3) is 11.3 Å². The van der Waals surface area contributed by atoms with Gasteiger partial charge in [-0.15, -0.1) is 0 Å². The third-order valence-corrected chi connectivity index (χ3v) is 5.06. The van der Waals surface area contributed by atoms with Gasteiger partial charge in [0, 0.05) is 6.20 Å². The number of H-pyrrole nitrogens is 1. The minimum absolute atomic E-state index is 0.146. The highest BCUT2D eigenvalue weighted by atomic mass is 19.4. The first kappa shape index (κ1) is 18.5. The molecule has 0 saturated carbocycles. The van der Waals surface area contributed by atoms with Gasteiger partial charge in [-0.1, -0.05) is 0 Å². The average molecular weight is 419 g/mol. The van der Waals surface area contributed by atoms with E-state index in [4.69, 9.17) is 9.47 Å². The number of aromatic amines is 1. The number of aromatic nitrogens is 4. The van der Waals surface area contributed by atoms with Crippen LogP contribution in [0.4, 0.5) is 13.2 Å². The maximum absolute atomic E-state index is 13.0. The number of halogens is 3. The van der Waals surface area contributed by atoms with Gasteiger partial charge in [0.1, 0.15) is 19.0 Å². The van der Waals surface area contributed by atoms with Gasteiger partial charge in [-0.25, -0.2) is 4.68 Å². The van der Waals surface area contributed by atoms with Crippen molar-refractivity contribution in [1.82, 2.24) is 25.3 Å². The van der Waals surface area contributed by atoms with Crippen molar-refractivity contribution in [2.75, 3.05) is 13.2 Å². The third kappa shape index (κ3) is 3.15. The lowest BCUT2D eigenvalue weighted by Gasteiger charge is -2.26. The Morgan fingerprint density at radius 2 is 2.13 bits per heavy atom. The third-order valence-electron chi connectivity index (χ3n) is 5.06. The van der Waals surface area contributed by atoms with Gasteiger partial charge >= 0.3 is 6.18 Å². The van der Waals surface area contributed by atoms with Gasteiger partial charge in [0.05, 0.1) is 29.4 Å². The Balaban J connectivity index is 1.39. The molecule has 0 fully saturated rings. The second kappa shape index (κ2) is 6.78. The maximum atomic E-state index is 13.0. The quantitative estimate of drug-likeness (QED) is 0.680. The summed E-state index contributed by atoms with van der Waals surface area (Å²) in [6.45, 7) is 1.12. The second-order valence-electron chi connectivity index (χ2n) is 7.08. The SMILES string of the molecule is O=C(N[C@H]1COc2ccc(C(F)(F)F)cc2C1)c1nn2c(c1-c1ccn[nH]1)OCC2. The molecule has 30 heavy (non-hydrogen) atoms. The van der Waals surface area contributed by atoms with Crippen LogP contribution >= 0.6 is 0 Å². The molecule has 2 N–H and O–H groups in total. The molecule has 0 saturated heterocycles. The second-order valence-corrected chi connectivity index (χ2v) is 7.08. The summed E-state index contributed by atoms with van der Waals surface area (Å²) in [5.41, 5.74) is 0.887. The molecular formula is C19H16F3N5O3. The predicted octanol–water partition coefficient (Wildman–Crippen LogP) is 2.42. The number of fused-ring (bicyclic) bond motifs is 2. The molecular weight excluding hydrogens is 403 g/mol. The monoisotopic (exact) mass is 419 g/mol. The molecule has 3 aromatic rings. The van der Waals surface area contributed by atoms with E-state index >= 15 is 0 Å². The Labute approximate surface area is 168 Å². The van der Waals surface area contributed by atoms with E-state index in [0.29, 0.717) is 41.6 Å². The molecule has 11 heteroatoms. The molecule has 8 nitrogen and oxygen atoms in total. The fraction of sp³-hybridized carbons (Fsp3) is 0.316. The molecule has 0 spiro atoms. The molecule has 1 atom stereocenters. The van der Waals surface area contributed by atoms with Crippen molar-refractivity contribution in [3.63, 3.8) is 0 Å². The van der Waals surface area contributed by atoms with E-state index in [9.17, 15) is 18.0 Å². The molecule has 5 rings (SSSR count). The molecule has 2 aliphatic heterocycles. The molecule has 0 unspecified atom stereocenters. The molecule has 4 heterocycles. The van der Waals surface area contributed by atoms with Crippen LogP contribution in [0.3, 0.4) is 0 Å². The van der Waals surface area contributed by atoms with Crippen molar-refractivity contribution in [3.05, 3.63) is 47.3 Å². The van der Waals surface area contributed by atoms with Crippen LogP contribution in [0.5, 0.6) is 11.6 Å². The number of hydrogen-bond donors (Lipinski definition) is 2. The van der Waals surface area contributed by atoms with Gasteiger partial charge in [-0.3, -0.25) is 9.89 Å². The number of hydrogen-bond acceptors (Lipinski definition) is 5. The molecule has 2 aliphatic rings. The summed E-state index contributed by atoms with van der Waals surface area (Å²) in [7, 11) is 0. The Bertz CT molecular complexity index is 1110. The van der Waals surface area contributed by atoms with Crippen molar-refractivity contribution in [2.45, 2.75) is 25.2 Å². The van der Waals surface area contributed by atoms with E-state index in [1.165, 1.54) is 6.07 Å². The molecule has 156 valence electrons. The van der Waals surface area contributed by atoms with E-state index in [1.807, 2.05) is 0 Å². The Morgan fingerprint density at radius 1 is 1.27 bits per heavy atom.